The van der Waals surface area contributed by atoms with Gasteiger partial charge in [0.05, 0.1) is 4.92 Å². The van der Waals surface area contributed by atoms with Gasteiger partial charge in [0.1, 0.15) is 6.10 Å². The fourth-order valence-corrected chi connectivity index (χ4v) is 6.31. The molecule has 3 aliphatic rings. The van der Waals surface area contributed by atoms with E-state index in [9.17, 15) is 20.0 Å². The zero-order valence-electron chi connectivity index (χ0n) is 16.6. The van der Waals surface area contributed by atoms with Gasteiger partial charge < -0.3 is 9.84 Å². The minimum atomic E-state index is -0.495. The van der Waals surface area contributed by atoms with Crippen molar-refractivity contribution in [2.75, 3.05) is 0 Å². The Morgan fingerprint density at radius 3 is 2.82 bits per heavy atom. The highest BCUT2D eigenvalue weighted by molar-refractivity contribution is 5.69. The van der Waals surface area contributed by atoms with Crippen LogP contribution in [0.15, 0.2) is 12.1 Å². The third-order valence-electron chi connectivity index (χ3n) is 7.66. The molecule has 2 fully saturated rings. The molecule has 5 unspecified atom stereocenters. The largest absolute Gasteiger partial charge is 0.502 e. The summed E-state index contributed by atoms with van der Waals surface area (Å²) in [4.78, 5) is 22.9. The summed E-state index contributed by atoms with van der Waals surface area (Å²) in [6, 6.07) is 3.21. The number of carbonyl (C=O) groups excluding carboxylic acids is 1. The van der Waals surface area contributed by atoms with Crippen LogP contribution in [0.25, 0.3) is 0 Å². The van der Waals surface area contributed by atoms with Gasteiger partial charge in [-0.3, -0.25) is 14.9 Å². The van der Waals surface area contributed by atoms with E-state index in [1.807, 2.05) is 6.92 Å². The number of esters is 1. The van der Waals surface area contributed by atoms with Crippen molar-refractivity contribution in [3.63, 3.8) is 0 Å². The summed E-state index contributed by atoms with van der Waals surface area (Å²) in [6.45, 7) is 4.27. The molecule has 1 aromatic rings. The molecule has 2 saturated carbocycles. The van der Waals surface area contributed by atoms with Gasteiger partial charge in [-0.1, -0.05) is 13.8 Å². The Hall–Kier alpha value is -2.11. The smallest absolute Gasteiger partial charge is 0.310 e. The van der Waals surface area contributed by atoms with E-state index >= 15 is 0 Å². The van der Waals surface area contributed by atoms with E-state index in [1.165, 1.54) is 0 Å². The number of fused-ring (bicyclic) bond motifs is 5. The normalized spacial score (nSPS) is 33.5. The summed E-state index contributed by atoms with van der Waals surface area (Å²) in [7, 11) is 0. The number of hydrogen-bond acceptors (Lipinski definition) is 5. The van der Waals surface area contributed by atoms with Crippen molar-refractivity contribution >= 4 is 11.7 Å². The molecule has 6 heteroatoms. The summed E-state index contributed by atoms with van der Waals surface area (Å²) < 4.78 is 5.88. The van der Waals surface area contributed by atoms with Gasteiger partial charge in [-0.15, -0.1) is 0 Å². The summed E-state index contributed by atoms with van der Waals surface area (Å²) in [5.41, 5.74) is 1.92. The molecule has 28 heavy (non-hydrogen) atoms. The zero-order valence-corrected chi connectivity index (χ0v) is 16.6. The number of aromatic hydroxyl groups is 1. The van der Waals surface area contributed by atoms with Crippen LogP contribution < -0.4 is 0 Å². The van der Waals surface area contributed by atoms with Crippen molar-refractivity contribution in [1.29, 1.82) is 0 Å². The monoisotopic (exact) mass is 387 g/mol. The van der Waals surface area contributed by atoms with Crippen molar-refractivity contribution in [3.05, 3.63) is 33.4 Å². The Morgan fingerprint density at radius 2 is 2.11 bits per heavy atom. The molecule has 3 aliphatic carbocycles. The van der Waals surface area contributed by atoms with Crippen LogP contribution in [-0.4, -0.2) is 22.1 Å². The average Bonchev–Trinajstić information content (AvgIpc) is 2.97. The second-order valence-corrected chi connectivity index (χ2v) is 9.06. The van der Waals surface area contributed by atoms with E-state index in [-0.39, 0.29) is 28.9 Å². The second kappa shape index (κ2) is 7.05. The molecule has 0 aliphatic heterocycles. The van der Waals surface area contributed by atoms with Crippen LogP contribution in [0.3, 0.4) is 0 Å². The van der Waals surface area contributed by atoms with Gasteiger partial charge in [-0.05, 0) is 79.9 Å². The number of nitro benzene ring substituents is 1. The van der Waals surface area contributed by atoms with E-state index < -0.39 is 4.92 Å². The molecular weight excluding hydrogens is 358 g/mol. The summed E-state index contributed by atoms with van der Waals surface area (Å²) in [5.74, 6) is 0.923. The maximum atomic E-state index is 12.1. The molecule has 1 aromatic carbocycles. The van der Waals surface area contributed by atoms with Crippen molar-refractivity contribution in [3.8, 4) is 5.75 Å². The van der Waals surface area contributed by atoms with Crippen LogP contribution >= 0.6 is 0 Å². The van der Waals surface area contributed by atoms with Crippen molar-refractivity contribution < 1.29 is 19.6 Å². The molecule has 0 saturated heterocycles. The number of nitro groups is 1. The van der Waals surface area contributed by atoms with Crippen LogP contribution in [-0.2, 0) is 16.0 Å². The van der Waals surface area contributed by atoms with E-state index in [1.54, 1.807) is 12.1 Å². The standard InChI is InChI=1S/C22H29NO5/c1-3-4-21(25)28-20-8-7-17-15-6-5-13-11-19(24)18(23(26)27)12-16(13)14(15)9-10-22(17,20)2/h11-12,14-15,17,20,24H,3-10H2,1-2H3. The van der Waals surface area contributed by atoms with E-state index in [2.05, 4.69) is 6.92 Å². The van der Waals surface area contributed by atoms with Crippen molar-refractivity contribution in [2.45, 2.75) is 77.2 Å². The molecule has 0 spiro atoms. The molecule has 1 N–H and O–H groups in total. The van der Waals surface area contributed by atoms with Crippen molar-refractivity contribution in [2.24, 2.45) is 17.3 Å². The lowest BCUT2D eigenvalue weighted by molar-refractivity contribution is -0.386. The third kappa shape index (κ3) is 2.97. The fourth-order valence-electron chi connectivity index (χ4n) is 6.31. The van der Waals surface area contributed by atoms with Gasteiger partial charge in [0.2, 0.25) is 0 Å². The topological polar surface area (TPSA) is 89.7 Å². The molecule has 0 amide bonds. The highest BCUT2D eigenvalue weighted by Crippen LogP contribution is 2.62. The summed E-state index contributed by atoms with van der Waals surface area (Å²) in [5, 5.41) is 21.3. The maximum absolute atomic E-state index is 12.1. The van der Waals surface area contributed by atoms with Crippen LogP contribution in [0.4, 0.5) is 5.69 Å². The molecule has 0 radical (unpaired) electrons. The van der Waals surface area contributed by atoms with Gasteiger partial charge in [-0.25, -0.2) is 0 Å². The first kappa shape index (κ1) is 19.2. The fraction of sp³-hybridized carbons (Fsp3) is 0.682. The quantitative estimate of drug-likeness (QED) is 0.452. The molecule has 0 bridgehead atoms. The number of carbonyl (C=O) groups is 1. The first-order valence-electron chi connectivity index (χ1n) is 10.5. The Labute approximate surface area is 165 Å². The summed E-state index contributed by atoms with van der Waals surface area (Å²) in [6.07, 6.45) is 7.04. The van der Waals surface area contributed by atoms with Crippen LogP contribution in [0.1, 0.15) is 75.8 Å². The van der Waals surface area contributed by atoms with Crippen molar-refractivity contribution in [1.82, 2.24) is 0 Å². The first-order valence-corrected chi connectivity index (χ1v) is 10.5. The van der Waals surface area contributed by atoms with Gasteiger partial charge in [0.15, 0.2) is 5.75 Å². The number of phenols is 1. The zero-order chi connectivity index (χ0) is 20.1. The van der Waals surface area contributed by atoms with E-state index in [4.69, 9.17) is 4.74 Å². The second-order valence-electron chi connectivity index (χ2n) is 9.06. The lowest BCUT2D eigenvalue weighted by Gasteiger charge is -2.50. The number of aryl methyl sites for hydroxylation is 1. The van der Waals surface area contributed by atoms with Gasteiger partial charge in [0.25, 0.3) is 0 Å². The number of nitrogens with zero attached hydrogens (tertiary/aromatic N) is 1. The Morgan fingerprint density at radius 1 is 1.32 bits per heavy atom. The van der Waals surface area contributed by atoms with Gasteiger partial charge in [0, 0.05) is 17.9 Å². The minimum absolute atomic E-state index is 0.00489. The lowest BCUT2D eigenvalue weighted by atomic mass is 9.55. The molecule has 152 valence electrons. The number of rotatable bonds is 4. The van der Waals surface area contributed by atoms with E-state index in [0.29, 0.717) is 24.2 Å². The Bertz CT molecular complexity index is 806. The van der Waals surface area contributed by atoms with Crippen LogP contribution in [0, 0.1) is 27.4 Å². The molecule has 0 heterocycles. The minimum Gasteiger partial charge on any atom is -0.502 e. The Balaban J connectivity index is 1.60. The number of phenolic OH excluding ortho intramolecular Hbond substituents is 1. The molecule has 0 aromatic heterocycles. The number of benzene rings is 1. The van der Waals surface area contributed by atoms with E-state index in [0.717, 1.165) is 56.1 Å². The van der Waals surface area contributed by atoms with Crippen LogP contribution in [0.5, 0.6) is 5.75 Å². The maximum Gasteiger partial charge on any atom is 0.310 e. The third-order valence-corrected chi connectivity index (χ3v) is 7.66. The molecule has 4 rings (SSSR count). The molecule has 6 nitrogen and oxygen atoms in total. The summed E-state index contributed by atoms with van der Waals surface area (Å²) >= 11 is 0. The van der Waals surface area contributed by atoms with Gasteiger partial charge in [-0.2, -0.15) is 0 Å². The predicted molar refractivity (Wildman–Crippen MR) is 104 cm³/mol. The van der Waals surface area contributed by atoms with Crippen LogP contribution in [0.2, 0.25) is 0 Å². The number of hydrogen-bond donors (Lipinski definition) is 1. The molecule has 5 atom stereocenters. The highest BCUT2D eigenvalue weighted by Gasteiger charge is 2.56. The molecular formula is C22H29NO5. The lowest BCUT2D eigenvalue weighted by Crippen LogP contribution is -2.45. The highest BCUT2D eigenvalue weighted by atomic mass is 16.6. The van der Waals surface area contributed by atoms with Gasteiger partial charge >= 0.3 is 11.7 Å². The number of ether oxygens (including phenoxy) is 1. The first-order chi connectivity index (χ1) is 13.3. The predicted octanol–water partition coefficient (Wildman–Crippen LogP) is 4.87. The average molecular weight is 387 g/mol. The SMILES string of the molecule is CCCC(=O)OC1CCC2C3CCc4cc(O)c([N+](=O)[O-])cc4C3CCC12C. The Kier molecular flexibility index (Phi) is 4.84.